The highest BCUT2D eigenvalue weighted by Crippen LogP contribution is 2.36. The number of hydrogen-bond donors (Lipinski definition) is 1. The average Bonchev–Trinajstić information content (AvgIpc) is 3.03. The maximum atomic E-state index is 12.8. The fraction of sp³-hybridized carbons (Fsp3) is 0.522. The second-order valence-corrected chi connectivity index (χ2v) is 8.25. The van der Waals surface area contributed by atoms with Crippen molar-refractivity contribution >= 4 is 17.7 Å². The molecule has 2 saturated heterocycles. The molecule has 7 nitrogen and oxygen atoms in total. The molecule has 0 radical (unpaired) electrons. The number of likely N-dealkylation sites (tertiary alicyclic amines) is 1. The van der Waals surface area contributed by atoms with Gasteiger partial charge in [0.2, 0.25) is 17.7 Å². The van der Waals surface area contributed by atoms with Crippen LogP contribution in [0, 0.1) is 11.8 Å². The largest absolute Gasteiger partial charge is 0.379 e. The number of allylic oxidation sites excluding steroid dienone is 2. The predicted molar refractivity (Wildman–Crippen MR) is 111 cm³/mol. The van der Waals surface area contributed by atoms with Gasteiger partial charge in [-0.15, -0.1) is 0 Å². The van der Waals surface area contributed by atoms with Gasteiger partial charge in [0.1, 0.15) is 6.04 Å². The number of carbonyl (C=O) groups is 3. The SMILES string of the molecule is C[C@H](C(=O)NCc1ccccc1CN1CCOCC1)N1C(=O)[C@H]2CC=CC[C@H]2C1=O. The van der Waals surface area contributed by atoms with E-state index in [1.165, 1.54) is 4.90 Å². The van der Waals surface area contributed by atoms with Crippen molar-refractivity contribution in [2.24, 2.45) is 11.8 Å². The highest BCUT2D eigenvalue weighted by molar-refractivity contribution is 6.08. The summed E-state index contributed by atoms with van der Waals surface area (Å²) in [6.07, 6.45) is 5.06. The van der Waals surface area contributed by atoms with E-state index in [9.17, 15) is 14.4 Å². The van der Waals surface area contributed by atoms with E-state index in [1.54, 1.807) is 6.92 Å². The normalized spacial score (nSPS) is 25.3. The molecule has 1 aromatic rings. The van der Waals surface area contributed by atoms with Gasteiger partial charge in [0.05, 0.1) is 25.0 Å². The lowest BCUT2D eigenvalue weighted by Gasteiger charge is -2.27. The number of nitrogens with one attached hydrogen (secondary N) is 1. The van der Waals surface area contributed by atoms with Crippen LogP contribution in [0.1, 0.15) is 30.9 Å². The zero-order chi connectivity index (χ0) is 21.1. The molecule has 3 atom stereocenters. The maximum Gasteiger partial charge on any atom is 0.243 e. The Morgan fingerprint density at radius 2 is 1.67 bits per heavy atom. The van der Waals surface area contributed by atoms with E-state index < -0.39 is 6.04 Å². The first-order chi connectivity index (χ1) is 14.6. The summed E-state index contributed by atoms with van der Waals surface area (Å²) < 4.78 is 5.41. The van der Waals surface area contributed by atoms with Gasteiger partial charge in [0.15, 0.2) is 0 Å². The summed E-state index contributed by atoms with van der Waals surface area (Å²) in [5.74, 6) is -1.36. The van der Waals surface area contributed by atoms with Crippen molar-refractivity contribution in [3.63, 3.8) is 0 Å². The van der Waals surface area contributed by atoms with Crippen LogP contribution < -0.4 is 5.32 Å². The summed E-state index contributed by atoms with van der Waals surface area (Å²) >= 11 is 0. The summed E-state index contributed by atoms with van der Waals surface area (Å²) in [7, 11) is 0. The molecule has 0 saturated carbocycles. The number of ether oxygens (including phenoxy) is 1. The first-order valence-electron chi connectivity index (χ1n) is 10.7. The first-order valence-corrected chi connectivity index (χ1v) is 10.7. The standard InChI is InChI=1S/C23H29N3O4/c1-16(26-22(28)19-8-4-5-9-20(19)23(26)29)21(27)24-14-17-6-2-3-7-18(17)15-25-10-12-30-13-11-25/h2-7,16,19-20H,8-15H2,1H3,(H,24,27)/t16-,19-,20+/m1/s1. The summed E-state index contributed by atoms with van der Waals surface area (Å²) in [4.78, 5) is 41.8. The van der Waals surface area contributed by atoms with Crippen molar-refractivity contribution in [1.82, 2.24) is 15.1 Å². The van der Waals surface area contributed by atoms with Gasteiger partial charge >= 0.3 is 0 Å². The minimum Gasteiger partial charge on any atom is -0.379 e. The van der Waals surface area contributed by atoms with Crippen molar-refractivity contribution < 1.29 is 19.1 Å². The summed E-state index contributed by atoms with van der Waals surface area (Å²) in [5.41, 5.74) is 2.21. The van der Waals surface area contributed by atoms with Crippen LogP contribution in [-0.4, -0.2) is 59.9 Å². The first kappa shape index (κ1) is 20.8. The lowest BCUT2D eigenvalue weighted by atomic mass is 9.85. The van der Waals surface area contributed by atoms with E-state index >= 15 is 0 Å². The Morgan fingerprint density at radius 3 is 2.30 bits per heavy atom. The Hall–Kier alpha value is -2.51. The quantitative estimate of drug-likeness (QED) is 0.567. The molecular weight excluding hydrogens is 382 g/mol. The van der Waals surface area contributed by atoms with Crippen LogP contribution in [0.25, 0.3) is 0 Å². The number of benzene rings is 1. The molecular formula is C23H29N3O4. The highest BCUT2D eigenvalue weighted by atomic mass is 16.5. The lowest BCUT2D eigenvalue weighted by molar-refractivity contribution is -0.147. The number of carbonyl (C=O) groups excluding carboxylic acids is 3. The number of nitrogens with zero attached hydrogens (tertiary/aromatic N) is 2. The molecule has 1 aromatic carbocycles. The molecule has 1 N–H and O–H groups in total. The topological polar surface area (TPSA) is 79.0 Å². The number of fused-ring (bicyclic) bond motifs is 1. The Labute approximate surface area is 177 Å². The van der Waals surface area contributed by atoms with Crippen LogP contribution in [0.4, 0.5) is 0 Å². The third-order valence-corrected chi connectivity index (χ3v) is 6.38. The van der Waals surface area contributed by atoms with Crippen molar-refractivity contribution in [2.45, 2.75) is 38.9 Å². The summed E-state index contributed by atoms with van der Waals surface area (Å²) in [6, 6.07) is 7.24. The molecule has 0 spiro atoms. The van der Waals surface area contributed by atoms with Crippen LogP contribution in [0.15, 0.2) is 36.4 Å². The summed E-state index contributed by atoms with van der Waals surface area (Å²) in [6.45, 7) is 6.09. The van der Waals surface area contributed by atoms with Crippen LogP contribution in [0.3, 0.4) is 0 Å². The Kier molecular flexibility index (Phi) is 6.29. The zero-order valence-electron chi connectivity index (χ0n) is 17.4. The van der Waals surface area contributed by atoms with E-state index in [0.717, 1.165) is 44.0 Å². The van der Waals surface area contributed by atoms with Gasteiger partial charge in [-0.25, -0.2) is 0 Å². The van der Waals surface area contributed by atoms with Crippen LogP contribution >= 0.6 is 0 Å². The van der Waals surface area contributed by atoms with Crippen LogP contribution in [-0.2, 0) is 32.2 Å². The third kappa shape index (κ3) is 4.18. The van der Waals surface area contributed by atoms with Gasteiger partial charge in [0, 0.05) is 26.2 Å². The minimum atomic E-state index is -0.804. The van der Waals surface area contributed by atoms with Crippen molar-refractivity contribution in [2.75, 3.05) is 26.3 Å². The van der Waals surface area contributed by atoms with E-state index in [4.69, 9.17) is 4.74 Å². The van der Waals surface area contributed by atoms with Crippen LogP contribution in [0.2, 0.25) is 0 Å². The molecule has 0 unspecified atom stereocenters. The Morgan fingerprint density at radius 1 is 1.07 bits per heavy atom. The monoisotopic (exact) mass is 411 g/mol. The van der Waals surface area contributed by atoms with E-state index in [-0.39, 0.29) is 29.6 Å². The number of rotatable bonds is 6. The zero-order valence-corrected chi connectivity index (χ0v) is 17.4. The fourth-order valence-corrected chi connectivity index (χ4v) is 4.54. The molecule has 7 heteroatoms. The van der Waals surface area contributed by atoms with Crippen molar-refractivity contribution in [3.05, 3.63) is 47.5 Å². The molecule has 3 aliphatic rings. The van der Waals surface area contributed by atoms with Crippen molar-refractivity contribution in [1.29, 1.82) is 0 Å². The smallest absolute Gasteiger partial charge is 0.243 e. The Balaban J connectivity index is 1.38. The highest BCUT2D eigenvalue weighted by Gasteiger charge is 2.50. The molecule has 30 heavy (non-hydrogen) atoms. The molecule has 0 bridgehead atoms. The van der Waals surface area contributed by atoms with E-state index in [1.807, 2.05) is 30.4 Å². The second kappa shape index (κ2) is 9.10. The number of imide groups is 1. The molecule has 0 aromatic heterocycles. The van der Waals surface area contributed by atoms with E-state index in [0.29, 0.717) is 19.4 Å². The molecule has 2 fully saturated rings. The van der Waals surface area contributed by atoms with Gasteiger partial charge in [-0.2, -0.15) is 0 Å². The van der Waals surface area contributed by atoms with Crippen LogP contribution in [0.5, 0.6) is 0 Å². The van der Waals surface area contributed by atoms with E-state index in [2.05, 4.69) is 16.3 Å². The number of hydrogen-bond acceptors (Lipinski definition) is 5. The minimum absolute atomic E-state index is 0.218. The molecule has 160 valence electrons. The number of morpholine rings is 1. The molecule has 1 aliphatic carbocycles. The summed E-state index contributed by atoms with van der Waals surface area (Å²) in [5, 5.41) is 2.93. The average molecular weight is 412 g/mol. The maximum absolute atomic E-state index is 12.8. The molecule has 3 amide bonds. The van der Waals surface area contributed by atoms with Gasteiger partial charge in [-0.1, -0.05) is 36.4 Å². The third-order valence-electron chi connectivity index (χ3n) is 6.38. The fourth-order valence-electron chi connectivity index (χ4n) is 4.54. The van der Waals surface area contributed by atoms with Gasteiger partial charge in [-0.3, -0.25) is 24.2 Å². The molecule has 4 rings (SSSR count). The van der Waals surface area contributed by atoms with Gasteiger partial charge < -0.3 is 10.1 Å². The molecule has 2 aliphatic heterocycles. The van der Waals surface area contributed by atoms with Gasteiger partial charge in [0.25, 0.3) is 0 Å². The number of amides is 3. The second-order valence-electron chi connectivity index (χ2n) is 8.25. The van der Waals surface area contributed by atoms with Gasteiger partial charge in [-0.05, 0) is 30.9 Å². The van der Waals surface area contributed by atoms with Crippen molar-refractivity contribution in [3.8, 4) is 0 Å². The predicted octanol–water partition coefficient (Wildman–Crippen LogP) is 1.47. The molecule has 2 heterocycles. The Bertz CT molecular complexity index is 821. The lowest BCUT2D eigenvalue weighted by Crippen LogP contribution is -2.48.